The fourth-order valence-corrected chi connectivity index (χ4v) is 15.2. The third-order valence-corrected chi connectivity index (χ3v) is 20.0. The van der Waals surface area contributed by atoms with E-state index < -0.39 is 29.3 Å². The van der Waals surface area contributed by atoms with Crippen LogP contribution in [-0.4, -0.2) is 75.9 Å². The van der Waals surface area contributed by atoms with Crippen LogP contribution in [0.1, 0.15) is 263 Å². The number of ether oxygens (including phenoxy) is 2. The first-order valence-electron chi connectivity index (χ1n) is 30.5. The Labute approximate surface area is 545 Å². The second-order valence-electron chi connectivity index (χ2n) is 31.6. The highest BCUT2D eigenvalue weighted by atomic mass is 32.2. The van der Waals surface area contributed by atoms with E-state index in [1.165, 1.54) is 0 Å². The first-order valence-corrected chi connectivity index (χ1v) is 33.8. The van der Waals surface area contributed by atoms with Crippen molar-refractivity contribution in [1.82, 2.24) is 0 Å². The first kappa shape index (κ1) is 77.8. The fraction of sp³-hybridized carbons (Fsp3) is 0.611. The lowest BCUT2D eigenvalue weighted by Crippen LogP contribution is -2.23. The molecule has 1 fully saturated rings. The Morgan fingerprint density at radius 2 is 0.648 bits per heavy atom. The molecule has 12 nitrogen and oxygen atoms in total. The van der Waals surface area contributed by atoms with Gasteiger partial charge in [0.2, 0.25) is 0 Å². The van der Waals surface area contributed by atoms with Crippen LogP contribution < -0.4 is 0 Å². The van der Waals surface area contributed by atoms with Crippen molar-refractivity contribution >= 4 is 70.9 Å². The SMILES string of the molecule is CC(C)(Sc1cc(C(C)(C)C)c(O)c(C(C)(C)C)c1)Sc1cc(C(C)(C)C)c(O)c(C(C)(C)CCO)c1.CC(C)(Sc1cc(C(C)(C)C)c(O)c(C(C)(C)C)c1)Sc1cc(C(C)(C)C)c(O)c(C(C)(C)CCOC(=O)CCC(=O)O)c1.O=C1CCC(=O)O1. The summed E-state index contributed by atoms with van der Waals surface area (Å²) >= 11 is 7.07. The molecule has 0 amide bonds. The molecule has 1 heterocycles. The van der Waals surface area contributed by atoms with E-state index in [4.69, 9.17) is 9.84 Å². The zero-order chi connectivity index (χ0) is 68.1. The number of hydrogen-bond donors (Lipinski definition) is 6. The van der Waals surface area contributed by atoms with Gasteiger partial charge in [0.25, 0.3) is 0 Å². The monoisotopic (exact) mass is 1290 g/mol. The molecule has 4 aromatic carbocycles. The summed E-state index contributed by atoms with van der Waals surface area (Å²) in [6.45, 7) is 55.4. The summed E-state index contributed by atoms with van der Waals surface area (Å²) in [5.41, 5.74) is 5.03. The summed E-state index contributed by atoms with van der Waals surface area (Å²) in [5, 5.41) is 63.6. The van der Waals surface area contributed by atoms with Crippen molar-refractivity contribution in [3.8, 4) is 23.0 Å². The quantitative estimate of drug-likeness (QED) is 0.0237. The predicted molar refractivity (Wildman–Crippen MR) is 367 cm³/mol. The number of carbonyl (C=O) groups excluding carboxylic acids is 3. The van der Waals surface area contributed by atoms with Crippen LogP contribution in [0.3, 0.4) is 0 Å². The van der Waals surface area contributed by atoms with E-state index in [-0.39, 0.29) is 90.7 Å². The van der Waals surface area contributed by atoms with Crippen LogP contribution in [0, 0.1) is 0 Å². The molecule has 0 unspecified atom stereocenters. The fourth-order valence-electron chi connectivity index (χ4n) is 9.99. The molecule has 0 saturated carbocycles. The van der Waals surface area contributed by atoms with Crippen LogP contribution in [0.4, 0.5) is 0 Å². The smallest absolute Gasteiger partial charge is 0.314 e. The average molecular weight is 1290 g/mol. The molecule has 6 N–H and O–H groups in total. The lowest BCUT2D eigenvalue weighted by atomic mass is 9.77. The standard InChI is InChI=1S/C36H54O6S2.C32H50O3S2.C4H4O3/c1-32(2,3)24-18-22(19-25(30(24)40)33(4,5)6)43-36(12,13)44-23-20-26(34(7,8)9)31(41)27(21-23)35(10,11)16-17-42-29(39)15-14-28(37)38;1-28(2,3)22-16-20(17-23(26(22)34)29(4,5)6)36-32(12,13)37-21-18-24(30(7,8)9)27(35)25(19-21)31(10,11)14-15-33;5-3-1-2-4(6)7-3/h18-21,40-41H,14-17H2,1-13H3,(H,37,38);16-19,33-35H,14-15H2,1-13H3;1-2H2. The van der Waals surface area contributed by atoms with E-state index in [1.807, 2.05) is 19.9 Å². The molecular formula is C72H108O12S4. The lowest BCUT2D eigenvalue weighted by Gasteiger charge is -2.32. The Kier molecular flexibility index (Phi) is 25.6. The van der Waals surface area contributed by atoms with Crippen LogP contribution in [0.25, 0.3) is 0 Å². The average Bonchev–Trinajstić information content (AvgIpc) is 1.21. The number of aromatic hydroxyl groups is 4. The summed E-state index contributed by atoms with van der Waals surface area (Å²) < 4.78 is 8.90. The molecule has 0 atom stereocenters. The van der Waals surface area contributed by atoms with Crippen LogP contribution in [0.2, 0.25) is 0 Å². The summed E-state index contributed by atoms with van der Waals surface area (Å²) in [7, 11) is 0. The van der Waals surface area contributed by atoms with Crippen molar-refractivity contribution in [2.45, 2.75) is 290 Å². The molecule has 1 saturated heterocycles. The molecule has 16 heteroatoms. The zero-order valence-corrected chi connectivity index (χ0v) is 61.3. The zero-order valence-electron chi connectivity index (χ0n) is 58.0. The van der Waals surface area contributed by atoms with Crippen molar-refractivity contribution in [3.63, 3.8) is 0 Å². The van der Waals surface area contributed by atoms with Gasteiger partial charge in [0.05, 0.1) is 40.4 Å². The van der Waals surface area contributed by atoms with E-state index in [9.17, 15) is 44.7 Å². The maximum absolute atomic E-state index is 12.0. The highest BCUT2D eigenvalue weighted by molar-refractivity contribution is 8.18. The number of carbonyl (C=O) groups is 4. The molecule has 492 valence electrons. The van der Waals surface area contributed by atoms with Gasteiger partial charge >= 0.3 is 23.9 Å². The number of cyclic esters (lactones) is 2. The van der Waals surface area contributed by atoms with E-state index in [2.05, 4.69) is 213 Å². The molecule has 1 aliphatic heterocycles. The van der Waals surface area contributed by atoms with E-state index in [0.29, 0.717) is 30.1 Å². The number of carboxylic acid groups (broad SMARTS) is 1. The van der Waals surface area contributed by atoms with Gasteiger partial charge in [0.15, 0.2) is 0 Å². The third-order valence-electron chi connectivity index (χ3n) is 15.1. The maximum atomic E-state index is 12.0. The maximum Gasteiger partial charge on any atom is 0.314 e. The number of phenols is 4. The summed E-state index contributed by atoms with van der Waals surface area (Å²) in [5.74, 6) is -1.01. The van der Waals surface area contributed by atoms with Crippen molar-refractivity contribution in [1.29, 1.82) is 0 Å². The van der Waals surface area contributed by atoms with E-state index >= 15 is 0 Å². The van der Waals surface area contributed by atoms with Gasteiger partial charge < -0.3 is 40.1 Å². The minimum Gasteiger partial charge on any atom is -0.507 e. The molecule has 0 radical (unpaired) electrons. The Bertz CT molecular complexity index is 3040. The molecule has 4 aromatic rings. The van der Waals surface area contributed by atoms with E-state index in [0.717, 1.165) is 64.1 Å². The largest absolute Gasteiger partial charge is 0.507 e. The van der Waals surface area contributed by atoms with Gasteiger partial charge in [-0.3, -0.25) is 19.2 Å². The summed E-state index contributed by atoms with van der Waals surface area (Å²) in [6, 6.07) is 16.9. The van der Waals surface area contributed by atoms with Crippen LogP contribution in [0.5, 0.6) is 23.0 Å². The van der Waals surface area contributed by atoms with Crippen molar-refractivity contribution in [2.24, 2.45) is 0 Å². The Morgan fingerprint density at radius 3 is 0.864 bits per heavy atom. The Balaban J connectivity index is 0.000000417. The lowest BCUT2D eigenvalue weighted by molar-refractivity contribution is -0.152. The predicted octanol–water partition coefficient (Wildman–Crippen LogP) is 18.8. The second-order valence-corrected chi connectivity index (χ2v) is 38.9. The molecule has 0 aromatic heterocycles. The Hall–Kier alpha value is -4.48. The number of hydrogen-bond acceptors (Lipinski definition) is 15. The molecule has 88 heavy (non-hydrogen) atoms. The molecule has 0 spiro atoms. The van der Waals surface area contributed by atoms with Crippen LogP contribution in [-0.2, 0) is 72.0 Å². The second kappa shape index (κ2) is 29.0. The topological polar surface area (TPSA) is 208 Å². The number of carboxylic acids is 1. The molecule has 1 aliphatic rings. The van der Waals surface area contributed by atoms with Crippen molar-refractivity contribution < 1.29 is 59.3 Å². The normalized spacial score (nSPS) is 14.0. The number of esters is 3. The summed E-state index contributed by atoms with van der Waals surface area (Å²) in [6.07, 6.45) is 1.15. The van der Waals surface area contributed by atoms with E-state index in [1.54, 1.807) is 47.0 Å². The van der Waals surface area contributed by atoms with Gasteiger partial charge in [-0.2, -0.15) is 0 Å². The first-order chi connectivity index (χ1) is 39.5. The summed E-state index contributed by atoms with van der Waals surface area (Å²) in [4.78, 5) is 47.2. The number of aliphatic hydroxyl groups excluding tert-OH is 1. The number of thioether (sulfide) groups is 4. The van der Waals surface area contributed by atoms with Gasteiger partial charge in [0.1, 0.15) is 23.0 Å². The number of aliphatic hydroxyl groups is 1. The van der Waals surface area contributed by atoms with Crippen LogP contribution in [0.15, 0.2) is 68.1 Å². The molecular weight excluding hydrogens is 1190 g/mol. The molecule has 0 aliphatic carbocycles. The number of aliphatic carboxylic acids is 1. The number of rotatable bonds is 18. The highest BCUT2D eigenvalue weighted by Gasteiger charge is 2.36. The Morgan fingerprint density at radius 1 is 0.409 bits per heavy atom. The van der Waals surface area contributed by atoms with Crippen molar-refractivity contribution in [3.05, 3.63) is 93.0 Å². The highest BCUT2D eigenvalue weighted by Crippen LogP contribution is 2.54. The van der Waals surface area contributed by atoms with Gasteiger partial charge in [-0.05, 0) is 132 Å². The van der Waals surface area contributed by atoms with Gasteiger partial charge in [-0.1, -0.05) is 152 Å². The third kappa shape index (κ3) is 22.7. The van der Waals surface area contributed by atoms with Crippen molar-refractivity contribution in [2.75, 3.05) is 13.2 Å². The molecule has 0 bridgehead atoms. The van der Waals surface area contributed by atoms with Gasteiger partial charge in [0, 0.05) is 70.7 Å². The minimum atomic E-state index is -1.04. The van der Waals surface area contributed by atoms with Crippen LogP contribution >= 0.6 is 47.0 Å². The molecule has 5 rings (SSSR count). The van der Waals surface area contributed by atoms with Gasteiger partial charge in [-0.25, -0.2) is 0 Å². The van der Waals surface area contributed by atoms with Gasteiger partial charge in [-0.15, -0.1) is 47.0 Å². The number of phenolic OH excluding ortho intramolecular Hbond substituents is 4. The minimum absolute atomic E-state index is 0.0725. The number of benzene rings is 4.